The van der Waals surface area contributed by atoms with E-state index in [-0.39, 0.29) is 12.1 Å². The third-order valence-corrected chi connectivity index (χ3v) is 4.88. The predicted octanol–water partition coefficient (Wildman–Crippen LogP) is 2.67. The summed E-state index contributed by atoms with van der Waals surface area (Å²) in [4.78, 5) is 6.69. The lowest BCUT2D eigenvalue weighted by Gasteiger charge is -2.29. The fourth-order valence-corrected chi connectivity index (χ4v) is 3.34. The van der Waals surface area contributed by atoms with Gasteiger partial charge in [-0.15, -0.1) is 0 Å². The van der Waals surface area contributed by atoms with Crippen LogP contribution in [0, 0.1) is 0 Å². The average molecular weight is 386 g/mol. The van der Waals surface area contributed by atoms with Gasteiger partial charge in [-0.25, -0.2) is 0 Å². The molecule has 0 radical (unpaired) electrons. The van der Waals surface area contributed by atoms with Crippen molar-refractivity contribution in [2.24, 2.45) is 4.99 Å². The highest BCUT2D eigenvalue weighted by atomic mass is 16.6. The topological polar surface area (TPSA) is 71.3 Å². The van der Waals surface area contributed by atoms with Crippen molar-refractivity contribution in [2.75, 3.05) is 39.8 Å². The first kappa shape index (κ1) is 20.1. The number of fused-ring (bicyclic) bond motifs is 1. The number of ether oxygens (including phenoxy) is 2. The molecule has 2 N–H and O–H groups in total. The van der Waals surface area contributed by atoms with Gasteiger partial charge in [-0.1, -0.05) is 26.0 Å². The van der Waals surface area contributed by atoms with Gasteiger partial charge in [0.25, 0.3) is 0 Å². The normalized spacial score (nSPS) is 17.4. The first-order chi connectivity index (χ1) is 13.7. The fraction of sp³-hybridized carbons (Fsp3) is 0.476. The van der Waals surface area contributed by atoms with Crippen LogP contribution in [0.25, 0.3) is 0 Å². The van der Waals surface area contributed by atoms with Crippen LogP contribution in [-0.2, 0) is 0 Å². The summed E-state index contributed by atoms with van der Waals surface area (Å²) in [5.74, 6) is 3.25. The Labute approximate surface area is 166 Å². The fourth-order valence-electron chi connectivity index (χ4n) is 3.34. The van der Waals surface area contributed by atoms with E-state index in [1.807, 2.05) is 36.4 Å². The molecule has 1 aromatic heterocycles. The number of hydrogen-bond donors (Lipinski definition) is 2. The molecule has 1 aliphatic rings. The van der Waals surface area contributed by atoms with Crippen LogP contribution in [0.2, 0.25) is 0 Å². The molecular formula is C21H30N4O3. The zero-order valence-corrected chi connectivity index (χ0v) is 16.9. The van der Waals surface area contributed by atoms with E-state index in [0.29, 0.717) is 19.7 Å². The summed E-state index contributed by atoms with van der Waals surface area (Å²) >= 11 is 0. The highest BCUT2D eigenvalue weighted by Gasteiger charge is 2.22. The third-order valence-electron chi connectivity index (χ3n) is 4.88. The van der Waals surface area contributed by atoms with E-state index in [0.717, 1.165) is 36.3 Å². The summed E-state index contributed by atoms with van der Waals surface area (Å²) in [5.41, 5.74) is 0. The van der Waals surface area contributed by atoms with Gasteiger partial charge < -0.3 is 24.5 Å². The molecule has 7 nitrogen and oxygen atoms in total. The maximum atomic E-state index is 5.99. The molecule has 3 rings (SSSR count). The van der Waals surface area contributed by atoms with E-state index in [1.165, 1.54) is 0 Å². The Bertz CT molecular complexity index is 744. The van der Waals surface area contributed by atoms with Crippen molar-refractivity contribution >= 4 is 5.96 Å². The van der Waals surface area contributed by atoms with Crippen LogP contribution in [0.15, 0.2) is 52.1 Å². The number of nitrogens with zero attached hydrogens (tertiary/aromatic N) is 2. The smallest absolute Gasteiger partial charge is 0.191 e. The first-order valence-electron chi connectivity index (χ1n) is 9.85. The minimum atomic E-state index is -0.0721. The van der Waals surface area contributed by atoms with Gasteiger partial charge in [0, 0.05) is 13.6 Å². The molecule has 7 heteroatoms. The summed E-state index contributed by atoms with van der Waals surface area (Å²) in [5, 5.41) is 6.74. The molecule has 0 bridgehead atoms. The number of rotatable bonds is 8. The molecular weight excluding hydrogens is 356 g/mol. The van der Waals surface area contributed by atoms with E-state index in [4.69, 9.17) is 13.9 Å². The second kappa shape index (κ2) is 10.0. The van der Waals surface area contributed by atoms with E-state index in [2.05, 4.69) is 34.4 Å². The Hall–Kier alpha value is -2.67. The minimum Gasteiger partial charge on any atom is -0.486 e. The average Bonchev–Trinajstić information content (AvgIpc) is 3.27. The van der Waals surface area contributed by atoms with E-state index in [1.54, 1.807) is 13.3 Å². The molecule has 0 aliphatic carbocycles. The summed E-state index contributed by atoms with van der Waals surface area (Å²) in [6.45, 7) is 8.01. The molecule has 152 valence electrons. The van der Waals surface area contributed by atoms with Crippen LogP contribution in [0.3, 0.4) is 0 Å². The monoisotopic (exact) mass is 386 g/mol. The lowest BCUT2D eigenvalue weighted by molar-refractivity contribution is 0.0935. The van der Waals surface area contributed by atoms with E-state index < -0.39 is 0 Å². The number of guanidine groups is 1. The van der Waals surface area contributed by atoms with Gasteiger partial charge in [-0.05, 0) is 37.4 Å². The van der Waals surface area contributed by atoms with Gasteiger partial charge in [0.2, 0.25) is 0 Å². The standard InChI is InChI=1S/C21H30N4O3/c1-4-25(5-2)17(18-11-8-12-26-18)14-24-21(22-3)23-13-16-15-27-19-9-6-7-10-20(19)28-16/h6-12,16-17H,4-5,13-15H2,1-3H3,(H2,22,23,24). The van der Waals surface area contributed by atoms with Crippen LogP contribution < -0.4 is 20.1 Å². The van der Waals surface area contributed by atoms with Gasteiger partial charge in [0.15, 0.2) is 17.5 Å². The Morgan fingerprint density at radius 3 is 2.61 bits per heavy atom. The molecule has 0 amide bonds. The summed E-state index contributed by atoms with van der Waals surface area (Å²) in [7, 11) is 1.77. The van der Waals surface area contributed by atoms with Crippen LogP contribution in [0.5, 0.6) is 11.5 Å². The second-order valence-corrected chi connectivity index (χ2v) is 6.58. The summed E-state index contributed by atoms with van der Waals surface area (Å²) < 4.78 is 17.4. The Balaban J connectivity index is 1.53. The summed E-state index contributed by atoms with van der Waals surface area (Å²) in [6.07, 6.45) is 1.65. The zero-order valence-electron chi connectivity index (χ0n) is 16.9. The molecule has 0 fully saturated rings. The van der Waals surface area contributed by atoms with Crippen molar-refractivity contribution in [3.63, 3.8) is 0 Å². The number of aliphatic imine (C=N–C) groups is 1. The third kappa shape index (κ3) is 4.98. The predicted molar refractivity (Wildman–Crippen MR) is 110 cm³/mol. The van der Waals surface area contributed by atoms with E-state index >= 15 is 0 Å². The van der Waals surface area contributed by atoms with Gasteiger partial charge in [0.05, 0.1) is 18.8 Å². The highest BCUT2D eigenvalue weighted by molar-refractivity contribution is 5.79. The highest BCUT2D eigenvalue weighted by Crippen LogP contribution is 2.30. The SMILES string of the molecule is CCN(CC)C(CNC(=NC)NCC1COc2ccccc2O1)c1ccco1. The van der Waals surface area contributed by atoms with Crippen LogP contribution in [-0.4, -0.2) is 56.8 Å². The molecule has 2 atom stereocenters. The number of hydrogen-bond acceptors (Lipinski definition) is 5. The van der Waals surface area contributed by atoms with E-state index in [9.17, 15) is 0 Å². The van der Waals surface area contributed by atoms with Crippen LogP contribution in [0.4, 0.5) is 0 Å². The van der Waals surface area contributed by atoms with Crippen molar-refractivity contribution < 1.29 is 13.9 Å². The Morgan fingerprint density at radius 2 is 1.93 bits per heavy atom. The number of benzene rings is 1. The van der Waals surface area contributed by atoms with Crippen LogP contribution in [0.1, 0.15) is 25.6 Å². The molecule has 28 heavy (non-hydrogen) atoms. The molecule has 2 aromatic rings. The van der Waals surface area contributed by atoms with Gasteiger partial charge in [-0.2, -0.15) is 0 Å². The number of furan rings is 1. The largest absolute Gasteiger partial charge is 0.486 e. The first-order valence-corrected chi connectivity index (χ1v) is 9.85. The molecule has 2 unspecified atom stereocenters. The Morgan fingerprint density at radius 1 is 1.14 bits per heavy atom. The van der Waals surface area contributed by atoms with Crippen molar-refractivity contribution in [2.45, 2.75) is 26.0 Å². The molecule has 0 saturated carbocycles. The van der Waals surface area contributed by atoms with Gasteiger partial charge in [0.1, 0.15) is 18.5 Å². The lowest BCUT2D eigenvalue weighted by atomic mass is 10.2. The van der Waals surface area contributed by atoms with Crippen molar-refractivity contribution in [1.82, 2.24) is 15.5 Å². The molecule has 1 aliphatic heterocycles. The molecule has 1 aromatic carbocycles. The Kier molecular flexibility index (Phi) is 7.19. The maximum absolute atomic E-state index is 5.99. The minimum absolute atomic E-state index is 0.0721. The number of para-hydroxylation sites is 2. The quantitative estimate of drug-likeness (QED) is 0.537. The maximum Gasteiger partial charge on any atom is 0.191 e. The van der Waals surface area contributed by atoms with Crippen molar-refractivity contribution in [1.29, 1.82) is 0 Å². The van der Waals surface area contributed by atoms with Crippen molar-refractivity contribution in [3.05, 3.63) is 48.4 Å². The van der Waals surface area contributed by atoms with Crippen molar-refractivity contribution in [3.8, 4) is 11.5 Å². The summed E-state index contributed by atoms with van der Waals surface area (Å²) in [6, 6.07) is 11.8. The molecule has 2 heterocycles. The van der Waals surface area contributed by atoms with Crippen LogP contribution >= 0.6 is 0 Å². The lowest BCUT2D eigenvalue weighted by Crippen LogP contribution is -2.47. The molecule has 0 spiro atoms. The van der Waals surface area contributed by atoms with Gasteiger partial charge >= 0.3 is 0 Å². The molecule has 0 saturated heterocycles. The second-order valence-electron chi connectivity index (χ2n) is 6.58. The number of nitrogens with one attached hydrogen (secondary N) is 2. The van der Waals surface area contributed by atoms with Gasteiger partial charge in [-0.3, -0.25) is 9.89 Å². The number of likely N-dealkylation sites (N-methyl/N-ethyl adjacent to an activating group) is 1. The zero-order chi connectivity index (χ0) is 19.8.